The molecule has 4 heteroatoms. The van der Waals surface area contributed by atoms with Crippen LogP contribution in [0.25, 0.3) is 0 Å². The predicted octanol–water partition coefficient (Wildman–Crippen LogP) is 4.91. The fourth-order valence-corrected chi connectivity index (χ4v) is 1.99. The van der Waals surface area contributed by atoms with Gasteiger partial charge in [0.2, 0.25) is 0 Å². The van der Waals surface area contributed by atoms with Gasteiger partial charge in [-0.05, 0) is 47.5 Å². The molecule has 2 rings (SSSR count). The number of hydrogen-bond acceptors (Lipinski definition) is 2. The highest BCUT2D eigenvalue weighted by Gasteiger charge is 2.07. The van der Waals surface area contributed by atoms with Gasteiger partial charge >= 0.3 is 0 Å². The topological polar surface area (TPSA) is 22.1 Å². The molecule has 1 aromatic heterocycles. The van der Waals surface area contributed by atoms with Gasteiger partial charge in [-0.2, -0.15) is 0 Å². The minimum absolute atomic E-state index is 0.683. The predicted molar refractivity (Wildman–Crippen MR) is 72.9 cm³/mol. The first-order valence-electron chi connectivity index (χ1n) is 5.12. The van der Waals surface area contributed by atoms with Gasteiger partial charge < -0.3 is 4.74 Å². The first-order chi connectivity index (χ1) is 8.08. The van der Waals surface area contributed by atoms with Crippen molar-refractivity contribution in [3.8, 4) is 11.5 Å². The average Bonchev–Trinajstić information content (AvgIpc) is 2.30. The summed E-state index contributed by atoms with van der Waals surface area (Å²) in [6.45, 7) is 3.91. The van der Waals surface area contributed by atoms with E-state index < -0.39 is 0 Å². The van der Waals surface area contributed by atoms with Crippen molar-refractivity contribution < 1.29 is 4.74 Å². The van der Waals surface area contributed by atoms with Gasteiger partial charge in [0.15, 0.2) is 0 Å². The molecule has 2 aromatic rings. The van der Waals surface area contributed by atoms with Crippen LogP contribution in [0.2, 0.25) is 5.02 Å². The van der Waals surface area contributed by atoms with Crippen LogP contribution in [0.1, 0.15) is 11.1 Å². The molecule has 0 spiro atoms. The van der Waals surface area contributed by atoms with E-state index in [9.17, 15) is 0 Å². The normalized spacial score (nSPS) is 10.4. The van der Waals surface area contributed by atoms with E-state index >= 15 is 0 Å². The number of halogens is 2. The van der Waals surface area contributed by atoms with E-state index in [0.29, 0.717) is 5.75 Å². The Labute approximate surface area is 114 Å². The van der Waals surface area contributed by atoms with Crippen LogP contribution in [0.15, 0.2) is 35.1 Å². The molecule has 88 valence electrons. The molecule has 0 unspecified atom stereocenters. The molecule has 17 heavy (non-hydrogen) atoms. The molecule has 0 saturated heterocycles. The van der Waals surface area contributed by atoms with Crippen LogP contribution in [0.4, 0.5) is 0 Å². The lowest BCUT2D eigenvalue weighted by Gasteiger charge is -2.11. The molecule has 0 aliphatic heterocycles. The fraction of sp³-hybridized carbons (Fsp3) is 0.154. The second-order valence-electron chi connectivity index (χ2n) is 3.76. The minimum atomic E-state index is 0.683. The van der Waals surface area contributed by atoms with E-state index in [0.717, 1.165) is 26.4 Å². The smallest absolute Gasteiger partial charge is 0.146 e. The Morgan fingerprint density at radius 2 is 2.00 bits per heavy atom. The van der Waals surface area contributed by atoms with E-state index in [4.69, 9.17) is 16.3 Å². The lowest BCUT2D eigenvalue weighted by Crippen LogP contribution is -1.90. The third-order valence-corrected chi connectivity index (χ3v) is 3.45. The number of aromatic nitrogens is 1. The lowest BCUT2D eigenvalue weighted by molar-refractivity contribution is 0.476. The second kappa shape index (κ2) is 5.07. The summed E-state index contributed by atoms with van der Waals surface area (Å²) < 4.78 is 6.63. The number of benzene rings is 1. The molecule has 0 aliphatic carbocycles. The van der Waals surface area contributed by atoms with Crippen LogP contribution in [0, 0.1) is 13.8 Å². The summed E-state index contributed by atoms with van der Waals surface area (Å²) in [5.41, 5.74) is 1.98. The highest BCUT2D eigenvalue weighted by atomic mass is 79.9. The molecule has 0 N–H and O–H groups in total. The lowest BCUT2D eigenvalue weighted by atomic mass is 10.1. The third kappa shape index (κ3) is 2.79. The zero-order valence-electron chi connectivity index (χ0n) is 9.50. The van der Waals surface area contributed by atoms with Crippen molar-refractivity contribution in [1.82, 2.24) is 4.98 Å². The van der Waals surface area contributed by atoms with Crippen molar-refractivity contribution in [3.63, 3.8) is 0 Å². The molecule has 0 saturated carbocycles. The van der Waals surface area contributed by atoms with E-state index in [1.54, 1.807) is 12.4 Å². The van der Waals surface area contributed by atoms with Crippen LogP contribution in [0.5, 0.6) is 11.5 Å². The Hall–Kier alpha value is -1.06. The van der Waals surface area contributed by atoms with Gasteiger partial charge in [0.05, 0.1) is 11.2 Å². The van der Waals surface area contributed by atoms with Crippen LogP contribution in [0.3, 0.4) is 0 Å². The maximum Gasteiger partial charge on any atom is 0.146 e. The Balaban J connectivity index is 2.34. The number of pyridine rings is 1. The molecule has 0 aliphatic rings. The van der Waals surface area contributed by atoms with Crippen LogP contribution >= 0.6 is 27.5 Å². The first-order valence-corrected chi connectivity index (χ1v) is 6.29. The maximum atomic E-state index is 6.18. The number of rotatable bonds is 2. The average molecular weight is 313 g/mol. The minimum Gasteiger partial charge on any atom is -0.455 e. The summed E-state index contributed by atoms with van der Waals surface area (Å²) >= 11 is 9.53. The molecule has 0 amide bonds. The Morgan fingerprint density at radius 3 is 2.71 bits per heavy atom. The van der Waals surface area contributed by atoms with Crippen LogP contribution in [-0.2, 0) is 0 Å². The van der Waals surface area contributed by atoms with Gasteiger partial charge in [0.25, 0.3) is 0 Å². The van der Waals surface area contributed by atoms with Crippen molar-refractivity contribution in [2.24, 2.45) is 0 Å². The van der Waals surface area contributed by atoms with Crippen molar-refractivity contribution in [2.45, 2.75) is 13.8 Å². The fourth-order valence-electron chi connectivity index (χ4n) is 1.49. The number of aryl methyl sites for hydroxylation is 1. The summed E-state index contributed by atoms with van der Waals surface area (Å²) in [5.74, 6) is 1.43. The number of nitrogens with zero attached hydrogens (tertiary/aromatic N) is 1. The summed E-state index contributed by atoms with van der Waals surface area (Å²) in [6, 6.07) is 5.72. The summed E-state index contributed by atoms with van der Waals surface area (Å²) in [7, 11) is 0. The molecule has 1 aromatic carbocycles. The van der Waals surface area contributed by atoms with Crippen molar-refractivity contribution in [3.05, 3.63) is 51.2 Å². The Kier molecular flexibility index (Phi) is 3.69. The zero-order chi connectivity index (χ0) is 12.4. The molecule has 0 bridgehead atoms. The van der Waals surface area contributed by atoms with Gasteiger partial charge in [-0.15, -0.1) is 0 Å². The molecule has 1 heterocycles. The highest BCUT2D eigenvalue weighted by Crippen LogP contribution is 2.32. The van der Waals surface area contributed by atoms with Gasteiger partial charge in [-0.3, -0.25) is 4.98 Å². The standard InChI is InChI=1S/C13H11BrClNO/c1-8-3-4-12(9(2)13(8)15)17-11-5-10(14)6-16-7-11/h3-7H,1-2H3. The van der Waals surface area contributed by atoms with Gasteiger partial charge in [0.1, 0.15) is 11.5 Å². The quantitative estimate of drug-likeness (QED) is 0.786. The molecule has 2 nitrogen and oxygen atoms in total. The van der Waals surface area contributed by atoms with Crippen LogP contribution in [-0.4, -0.2) is 4.98 Å². The van der Waals surface area contributed by atoms with E-state index in [-0.39, 0.29) is 0 Å². The van der Waals surface area contributed by atoms with E-state index in [1.165, 1.54) is 0 Å². The summed E-state index contributed by atoms with van der Waals surface area (Å²) in [5, 5.41) is 0.741. The third-order valence-electron chi connectivity index (χ3n) is 2.44. The SMILES string of the molecule is Cc1ccc(Oc2cncc(Br)c2)c(C)c1Cl. The molecule has 0 fully saturated rings. The number of ether oxygens (including phenoxy) is 1. The maximum absolute atomic E-state index is 6.18. The molecule has 0 radical (unpaired) electrons. The number of hydrogen-bond donors (Lipinski definition) is 0. The van der Waals surface area contributed by atoms with Crippen molar-refractivity contribution in [1.29, 1.82) is 0 Å². The molecular formula is C13H11BrClNO. The summed E-state index contributed by atoms with van der Waals surface area (Å²) in [6.07, 6.45) is 3.37. The molecule has 0 atom stereocenters. The van der Waals surface area contributed by atoms with Crippen LogP contribution < -0.4 is 4.74 Å². The second-order valence-corrected chi connectivity index (χ2v) is 5.05. The Bertz CT molecular complexity index is 557. The zero-order valence-corrected chi connectivity index (χ0v) is 11.8. The largest absolute Gasteiger partial charge is 0.455 e. The van der Waals surface area contributed by atoms with Crippen molar-refractivity contribution >= 4 is 27.5 Å². The highest BCUT2D eigenvalue weighted by molar-refractivity contribution is 9.10. The van der Waals surface area contributed by atoms with Gasteiger partial charge in [-0.25, -0.2) is 0 Å². The van der Waals surface area contributed by atoms with Gasteiger partial charge in [0, 0.05) is 16.2 Å². The van der Waals surface area contributed by atoms with Crippen molar-refractivity contribution in [2.75, 3.05) is 0 Å². The monoisotopic (exact) mass is 311 g/mol. The van der Waals surface area contributed by atoms with E-state index in [2.05, 4.69) is 20.9 Å². The summed E-state index contributed by atoms with van der Waals surface area (Å²) in [4.78, 5) is 4.05. The Morgan fingerprint density at radius 1 is 1.24 bits per heavy atom. The van der Waals surface area contributed by atoms with Gasteiger partial charge in [-0.1, -0.05) is 17.7 Å². The van der Waals surface area contributed by atoms with E-state index in [1.807, 2.05) is 32.0 Å². The molecular weight excluding hydrogens is 302 g/mol. The first kappa shape index (κ1) is 12.4.